The van der Waals surface area contributed by atoms with Crippen molar-refractivity contribution in [2.24, 2.45) is 0 Å². The molecule has 108 valence electrons. The van der Waals surface area contributed by atoms with E-state index in [0.717, 1.165) is 28.6 Å². The second kappa shape index (κ2) is 5.16. The van der Waals surface area contributed by atoms with Crippen LogP contribution in [0.4, 0.5) is 18.9 Å². The lowest BCUT2D eigenvalue weighted by atomic mass is 10.1. The van der Waals surface area contributed by atoms with Gasteiger partial charge in [0.05, 0.1) is 11.1 Å². The number of H-pyrrole nitrogens is 1. The van der Waals surface area contributed by atoms with Crippen molar-refractivity contribution in [2.75, 3.05) is 5.32 Å². The number of para-hydroxylation sites is 1. The molecular formula is C16H13F3N2. The predicted molar refractivity (Wildman–Crippen MR) is 77.1 cm³/mol. The smallest absolute Gasteiger partial charge is 0.381 e. The van der Waals surface area contributed by atoms with E-state index in [4.69, 9.17) is 0 Å². The summed E-state index contributed by atoms with van der Waals surface area (Å²) in [7, 11) is 0. The van der Waals surface area contributed by atoms with Crippen molar-refractivity contribution < 1.29 is 13.2 Å². The Balaban J connectivity index is 1.80. The van der Waals surface area contributed by atoms with E-state index < -0.39 is 11.7 Å². The number of aromatic nitrogens is 1. The first-order valence-corrected chi connectivity index (χ1v) is 6.50. The summed E-state index contributed by atoms with van der Waals surface area (Å²) in [5.74, 6) is 0. The van der Waals surface area contributed by atoms with Crippen LogP contribution in [-0.4, -0.2) is 4.98 Å². The van der Waals surface area contributed by atoms with E-state index in [0.29, 0.717) is 12.2 Å². The van der Waals surface area contributed by atoms with Crippen LogP contribution in [0, 0.1) is 0 Å². The molecule has 2 N–H and O–H groups in total. The summed E-state index contributed by atoms with van der Waals surface area (Å²) in [4.78, 5) is 3.14. The van der Waals surface area contributed by atoms with Crippen molar-refractivity contribution >= 4 is 16.6 Å². The van der Waals surface area contributed by atoms with Crippen LogP contribution < -0.4 is 5.32 Å². The molecule has 2 aromatic carbocycles. The van der Waals surface area contributed by atoms with Gasteiger partial charge in [-0.3, -0.25) is 0 Å². The van der Waals surface area contributed by atoms with Crippen molar-refractivity contribution in [3.63, 3.8) is 0 Å². The Morgan fingerprint density at radius 3 is 2.62 bits per heavy atom. The van der Waals surface area contributed by atoms with Gasteiger partial charge in [0.2, 0.25) is 0 Å². The number of benzene rings is 2. The first-order valence-electron chi connectivity index (χ1n) is 6.50. The molecule has 21 heavy (non-hydrogen) atoms. The molecule has 0 spiro atoms. The highest BCUT2D eigenvalue weighted by atomic mass is 19.4. The van der Waals surface area contributed by atoms with Crippen molar-refractivity contribution in [2.45, 2.75) is 12.7 Å². The highest BCUT2D eigenvalue weighted by Gasteiger charge is 2.30. The maximum Gasteiger partial charge on any atom is 0.416 e. The van der Waals surface area contributed by atoms with E-state index in [1.165, 1.54) is 6.07 Å². The Morgan fingerprint density at radius 2 is 1.81 bits per heavy atom. The molecule has 0 radical (unpaired) electrons. The molecule has 0 aliphatic heterocycles. The molecule has 3 rings (SSSR count). The Kier molecular flexibility index (Phi) is 3.33. The van der Waals surface area contributed by atoms with Gasteiger partial charge in [-0.15, -0.1) is 0 Å². The van der Waals surface area contributed by atoms with Gasteiger partial charge in [-0.1, -0.05) is 24.3 Å². The van der Waals surface area contributed by atoms with E-state index in [2.05, 4.69) is 10.3 Å². The molecule has 0 aliphatic carbocycles. The first kappa shape index (κ1) is 13.5. The quantitative estimate of drug-likeness (QED) is 0.712. The number of hydrogen-bond donors (Lipinski definition) is 2. The highest BCUT2D eigenvalue weighted by Crippen LogP contribution is 2.30. The van der Waals surface area contributed by atoms with Crippen LogP contribution in [0.25, 0.3) is 10.9 Å². The standard InChI is InChI=1S/C16H13F3N2/c17-16(18,19)13-5-2-6-14(9-13)21-10-12-4-1-3-11-7-8-20-15(11)12/h1-9,20-21H,10H2. The van der Waals surface area contributed by atoms with E-state index in [-0.39, 0.29) is 0 Å². The molecule has 0 aliphatic rings. The number of alkyl halides is 3. The number of nitrogens with one attached hydrogen (secondary N) is 2. The summed E-state index contributed by atoms with van der Waals surface area (Å²) in [6.07, 6.45) is -2.48. The van der Waals surface area contributed by atoms with Gasteiger partial charge in [0.25, 0.3) is 0 Å². The van der Waals surface area contributed by atoms with Gasteiger partial charge in [0.15, 0.2) is 0 Å². The zero-order valence-electron chi connectivity index (χ0n) is 11.0. The second-order valence-corrected chi connectivity index (χ2v) is 4.79. The number of aromatic amines is 1. The molecule has 1 heterocycles. The van der Waals surface area contributed by atoms with Gasteiger partial charge in [-0.05, 0) is 35.2 Å². The number of halogens is 3. The minimum absolute atomic E-state index is 0.452. The topological polar surface area (TPSA) is 27.8 Å². The van der Waals surface area contributed by atoms with Crippen LogP contribution in [0.15, 0.2) is 54.7 Å². The molecule has 0 saturated heterocycles. The van der Waals surface area contributed by atoms with E-state index in [9.17, 15) is 13.2 Å². The fourth-order valence-corrected chi connectivity index (χ4v) is 2.30. The van der Waals surface area contributed by atoms with Gasteiger partial charge in [0.1, 0.15) is 0 Å². The lowest BCUT2D eigenvalue weighted by molar-refractivity contribution is -0.137. The van der Waals surface area contributed by atoms with Crippen LogP contribution in [0.5, 0.6) is 0 Å². The van der Waals surface area contributed by atoms with E-state index in [1.807, 2.05) is 30.5 Å². The van der Waals surface area contributed by atoms with Crippen molar-refractivity contribution in [1.82, 2.24) is 4.98 Å². The lowest BCUT2D eigenvalue weighted by Crippen LogP contribution is -2.06. The largest absolute Gasteiger partial charge is 0.416 e. The Bertz CT molecular complexity index is 759. The van der Waals surface area contributed by atoms with Gasteiger partial charge in [-0.25, -0.2) is 0 Å². The van der Waals surface area contributed by atoms with E-state index >= 15 is 0 Å². The Hall–Kier alpha value is -2.43. The fraction of sp³-hybridized carbons (Fsp3) is 0.125. The van der Waals surface area contributed by atoms with Crippen LogP contribution >= 0.6 is 0 Å². The minimum Gasteiger partial charge on any atom is -0.381 e. The summed E-state index contributed by atoms with van der Waals surface area (Å²) < 4.78 is 38.0. The van der Waals surface area contributed by atoms with Gasteiger partial charge in [0, 0.05) is 18.4 Å². The third-order valence-electron chi connectivity index (χ3n) is 3.35. The maximum atomic E-state index is 12.7. The van der Waals surface area contributed by atoms with Crippen LogP contribution in [0.3, 0.4) is 0 Å². The number of rotatable bonds is 3. The monoisotopic (exact) mass is 290 g/mol. The van der Waals surface area contributed by atoms with Crippen LogP contribution in [0.1, 0.15) is 11.1 Å². The van der Waals surface area contributed by atoms with Gasteiger partial charge < -0.3 is 10.3 Å². The van der Waals surface area contributed by atoms with Crippen molar-refractivity contribution in [1.29, 1.82) is 0 Å². The third-order valence-corrected chi connectivity index (χ3v) is 3.35. The molecule has 0 saturated carbocycles. The second-order valence-electron chi connectivity index (χ2n) is 4.79. The van der Waals surface area contributed by atoms with Gasteiger partial charge >= 0.3 is 6.18 Å². The Morgan fingerprint density at radius 1 is 1.00 bits per heavy atom. The Labute approximate surface area is 119 Å². The van der Waals surface area contributed by atoms with Gasteiger partial charge in [-0.2, -0.15) is 13.2 Å². The zero-order valence-corrected chi connectivity index (χ0v) is 11.0. The molecule has 0 unspecified atom stereocenters. The third kappa shape index (κ3) is 2.86. The molecular weight excluding hydrogens is 277 g/mol. The van der Waals surface area contributed by atoms with E-state index in [1.54, 1.807) is 6.07 Å². The SMILES string of the molecule is FC(F)(F)c1cccc(NCc2cccc3cc[nH]c23)c1. The number of hydrogen-bond acceptors (Lipinski definition) is 1. The summed E-state index contributed by atoms with van der Waals surface area (Å²) in [5.41, 5.74) is 1.81. The first-order chi connectivity index (χ1) is 10.0. The summed E-state index contributed by atoms with van der Waals surface area (Å²) in [6, 6.07) is 13.0. The number of anilines is 1. The van der Waals surface area contributed by atoms with Crippen molar-refractivity contribution in [3.05, 3.63) is 65.9 Å². The average molecular weight is 290 g/mol. The van der Waals surface area contributed by atoms with Crippen LogP contribution in [-0.2, 0) is 12.7 Å². The molecule has 2 nitrogen and oxygen atoms in total. The fourth-order valence-electron chi connectivity index (χ4n) is 2.30. The zero-order chi connectivity index (χ0) is 14.9. The predicted octanol–water partition coefficient (Wildman–Crippen LogP) is 4.80. The van der Waals surface area contributed by atoms with Crippen molar-refractivity contribution in [3.8, 4) is 0 Å². The van der Waals surface area contributed by atoms with Crippen LogP contribution in [0.2, 0.25) is 0 Å². The molecule has 5 heteroatoms. The summed E-state index contributed by atoms with van der Waals surface area (Å²) in [6.45, 7) is 0.458. The maximum absolute atomic E-state index is 12.7. The highest BCUT2D eigenvalue weighted by molar-refractivity contribution is 5.82. The molecule has 0 fully saturated rings. The minimum atomic E-state index is -4.32. The molecule has 0 amide bonds. The summed E-state index contributed by atoms with van der Waals surface area (Å²) in [5, 5.41) is 4.12. The molecule has 0 bridgehead atoms. The summed E-state index contributed by atoms with van der Waals surface area (Å²) >= 11 is 0. The lowest BCUT2D eigenvalue weighted by Gasteiger charge is -2.11. The molecule has 3 aromatic rings. The average Bonchev–Trinajstić information content (AvgIpc) is 2.93. The molecule has 1 aromatic heterocycles. The normalized spacial score (nSPS) is 11.8. The number of fused-ring (bicyclic) bond motifs is 1. The molecule has 0 atom stereocenters.